The number of hydrogen-bond acceptors (Lipinski definition) is 3. The molecule has 3 rings (SSSR count). The van der Waals surface area contributed by atoms with Crippen molar-refractivity contribution in [3.63, 3.8) is 0 Å². The Bertz CT molecular complexity index is 681. The third-order valence-corrected chi connectivity index (χ3v) is 4.87. The van der Waals surface area contributed by atoms with E-state index in [0.29, 0.717) is 12.0 Å². The van der Waals surface area contributed by atoms with Crippen molar-refractivity contribution >= 4 is 0 Å². The summed E-state index contributed by atoms with van der Waals surface area (Å²) in [5, 5.41) is 3.66. The fourth-order valence-electron chi connectivity index (χ4n) is 3.33. The summed E-state index contributed by atoms with van der Waals surface area (Å²) in [6.07, 6.45) is 2.17. The van der Waals surface area contributed by atoms with Crippen LogP contribution in [0.1, 0.15) is 42.9 Å². The second kappa shape index (κ2) is 7.22. The molecule has 1 atom stereocenters. The maximum Gasteiger partial charge on any atom is 0.161 e. The summed E-state index contributed by atoms with van der Waals surface area (Å²) in [5.74, 6) is 1.85. The highest BCUT2D eigenvalue weighted by molar-refractivity contribution is 5.43. The largest absolute Gasteiger partial charge is 0.493 e. The minimum absolute atomic E-state index is 0.171. The predicted molar refractivity (Wildman–Crippen MR) is 93.3 cm³/mol. The van der Waals surface area contributed by atoms with Gasteiger partial charge in [-0.2, -0.15) is 0 Å². The topological polar surface area (TPSA) is 30.5 Å². The molecule has 0 bridgehead atoms. The first-order valence-corrected chi connectivity index (χ1v) is 8.34. The van der Waals surface area contributed by atoms with Crippen LogP contribution in [-0.2, 0) is 0 Å². The van der Waals surface area contributed by atoms with E-state index in [1.165, 1.54) is 11.1 Å². The second-order valence-corrected chi connectivity index (χ2v) is 6.42. The SMILES string of the molecule is COc1ccc(C(C)NC2CC(c3ccc(F)cc3)C2)cc1OC. The van der Waals surface area contributed by atoms with Gasteiger partial charge in [-0.3, -0.25) is 0 Å². The summed E-state index contributed by atoms with van der Waals surface area (Å²) in [4.78, 5) is 0. The summed E-state index contributed by atoms with van der Waals surface area (Å²) in [6, 6.07) is 13.6. The third-order valence-electron chi connectivity index (χ3n) is 4.87. The van der Waals surface area contributed by atoms with E-state index in [-0.39, 0.29) is 11.9 Å². The molecule has 0 spiro atoms. The molecule has 1 N–H and O–H groups in total. The van der Waals surface area contributed by atoms with E-state index in [1.54, 1.807) is 26.4 Å². The lowest BCUT2D eigenvalue weighted by Crippen LogP contribution is -2.41. The van der Waals surface area contributed by atoms with Crippen molar-refractivity contribution in [1.29, 1.82) is 0 Å². The van der Waals surface area contributed by atoms with Gasteiger partial charge in [0.1, 0.15) is 5.82 Å². The number of methoxy groups -OCH3 is 2. The van der Waals surface area contributed by atoms with E-state index >= 15 is 0 Å². The molecule has 128 valence electrons. The minimum atomic E-state index is -0.171. The molecule has 1 unspecified atom stereocenters. The van der Waals surface area contributed by atoms with Crippen LogP contribution in [0.2, 0.25) is 0 Å². The van der Waals surface area contributed by atoms with Gasteiger partial charge in [0.05, 0.1) is 14.2 Å². The first-order valence-electron chi connectivity index (χ1n) is 8.34. The zero-order valence-electron chi connectivity index (χ0n) is 14.4. The molecule has 1 aliphatic rings. The Kier molecular flexibility index (Phi) is 5.05. The molecule has 0 radical (unpaired) electrons. The van der Waals surface area contributed by atoms with Gasteiger partial charge in [-0.25, -0.2) is 4.39 Å². The Balaban J connectivity index is 1.57. The summed E-state index contributed by atoms with van der Waals surface area (Å²) in [5.41, 5.74) is 2.41. The van der Waals surface area contributed by atoms with Crippen molar-refractivity contribution in [2.45, 2.75) is 37.8 Å². The Hall–Kier alpha value is -2.07. The molecule has 0 aromatic heterocycles. The van der Waals surface area contributed by atoms with Gasteiger partial charge in [0.15, 0.2) is 11.5 Å². The average Bonchev–Trinajstić information content (AvgIpc) is 2.58. The number of ether oxygens (including phenoxy) is 2. The van der Waals surface area contributed by atoms with Crippen molar-refractivity contribution < 1.29 is 13.9 Å². The van der Waals surface area contributed by atoms with E-state index < -0.39 is 0 Å². The van der Waals surface area contributed by atoms with Gasteiger partial charge in [-0.1, -0.05) is 18.2 Å². The van der Waals surface area contributed by atoms with Gasteiger partial charge in [0.2, 0.25) is 0 Å². The summed E-state index contributed by atoms with van der Waals surface area (Å²) in [6.45, 7) is 2.16. The van der Waals surface area contributed by atoms with Crippen molar-refractivity contribution in [3.8, 4) is 11.5 Å². The van der Waals surface area contributed by atoms with E-state index in [4.69, 9.17) is 9.47 Å². The standard InChI is InChI=1S/C20H24FNO2/c1-13(15-6-9-19(23-2)20(12-15)24-3)22-18-10-16(11-18)14-4-7-17(21)8-5-14/h4-9,12-13,16,18,22H,10-11H2,1-3H3. The molecule has 0 saturated heterocycles. The molecule has 1 aliphatic carbocycles. The lowest BCUT2D eigenvalue weighted by Gasteiger charge is -2.38. The monoisotopic (exact) mass is 329 g/mol. The van der Waals surface area contributed by atoms with Crippen molar-refractivity contribution in [1.82, 2.24) is 5.32 Å². The van der Waals surface area contributed by atoms with E-state index in [1.807, 2.05) is 24.3 Å². The lowest BCUT2D eigenvalue weighted by atomic mass is 9.75. The molecule has 0 amide bonds. The third kappa shape index (κ3) is 3.54. The maximum absolute atomic E-state index is 13.0. The smallest absolute Gasteiger partial charge is 0.161 e. The highest BCUT2D eigenvalue weighted by atomic mass is 19.1. The number of nitrogens with one attached hydrogen (secondary N) is 1. The molecule has 2 aromatic rings. The Morgan fingerprint density at radius 2 is 1.67 bits per heavy atom. The van der Waals surface area contributed by atoms with E-state index in [0.717, 1.165) is 24.3 Å². The van der Waals surface area contributed by atoms with Crippen LogP contribution in [0.3, 0.4) is 0 Å². The number of hydrogen-bond donors (Lipinski definition) is 1. The molecule has 3 nitrogen and oxygen atoms in total. The second-order valence-electron chi connectivity index (χ2n) is 6.42. The normalized spacial score (nSPS) is 21.0. The van der Waals surface area contributed by atoms with Gasteiger partial charge >= 0.3 is 0 Å². The van der Waals surface area contributed by atoms with Gasteiger partial charge in [0, 0.05) is 12.1 Å². The van der Waals surface area contributed by atoms with Crippen molar-refractivity contribution in [2.75, 3.05) is 14.2 Å². The van der Waals surface area contributed by atoms with Crippen LogP contribution in [0.5, 0.6) is 11.5 Å². The minimum Gasteiger partial charge on any atom is -0.493 e. The van der Waals surface area contributed by atoms with Crippen LogP contribution in [0, 0.1) is 5.82 Å². The molecular formula is C20H24FNO2. The van der Waals surface area contributed by atoms with Crippen LogP contribution in [0.15, 0.2) is 42.5 Å². The molecule has 4 heteroatoms. The zero-order chi connectivity index (χ0) is 17.1. The molecular weight excluding hydrogens is 305 g/mol. The van der Waals surface area contributed by atoms with Crippen molar-refractivity contribution in [2.24, 2.45) is 0 Å². The Morgan fingerprint density at radius 3 is 2.29 bits per heavy atom. The lowest BCUT2D eigenvalue weighted by molar-refractivity contribution is 0.270. The highest BCUT2D eigenvalue weighted by Gasteiger charge is 2.31. The van der Waals surface area contributed by atoms with Gasteiger partial charge < -0.3 is 14.8 Å². The molecule has 0 heterocycles. The fourth-order valence-corrected chi connectivity index (χ4v) is 3.33. The fraction of sp³-hybridized carbons (Fsp3) is 0.400. The van der Waals surface area contributed by atoms with Crippen LogP contribution in [0.25, 0.3) is 0 Å². The van der Waals surface area contributed by atoms with E-state index in [9.17, 15) is 4.39 Å². The quantitative estimate of drug-likeness (QED) is 0.850. The van der Waals surface area contributed by atoms with Gasteiger partial charge in [-0.05, 0) is 61.1 Å². The van der Waals surface area contributed by atoms with Crippen LogP contribution in [0.4, 0.5) is 4.39 Å². The maximum atomic E-state index is 13.0. The highest BCUT2D eigenvalue weighted by Crippen LogP contribution is 2.38. The summed E-state index contributed by atoms with van der Waals surface area (Å²) >= 11 is 0. The summed E-state index contributed by atoms with van der Waals surface area (Å²) < 4.78 is 23.7. The summed E-state index contributed by atoms with van der Waals surface area (Å²) in [7, 11) is 3.29. The molecule has 24 heavy (non-hydrogen) atoms. The van der Waals surface area contributed by atoms with Crippen LogP contribution < -0.4 is 14.8 Å². The predicted octanol–water partition coefficient (Wildman–Crippen LogP) is 4.44. The zero-order valence-corrected chi connectivity index (χ0v) is 14.4. The van der Waals surface area contributed by atoms with E-state index in [2.05, 4.69) is 18.3 Å². The van der Waals surface area contributed by atoms with Crippen molar-refractivity contribution in [3.05, 3.63) is 59.4 Å². The number of benzene rings is 2. The average molecular weight is 329 g/mol. The Morgan fingerprint density at radius 1 is 1.00 bits per heavy atom. The van der Waals surface area contributed by atoms with Gasteiger partial charge in [-0.15, -0.1) is 0 Å². The van der Waals surface area contributed by atoms with Gasteiger partial charge in [0.25, 0.3) is 0 Å². The molecule has 1 saturated carbocycles. The number of halogens is 1. The molecule has 1 fully saturated rings. The molecule has 0 aliphatic heterocycles. The molecule has 2 aromatic carbocycles. The number of rotatable bonds is 6. The van der Waals surface area contributed by atoms with Crippen LogP contribution >= 0.6 is 0 Å². The first-order chi connectivity index (χ1) is 11.6. The van der Waals surface area contributed by atoms with Crippen LogP contribution in [-0.4, -0.2) is 20.3 Å². The first kappa shape index (κ1) is 16.8. The Labute approximate surface area is 142 Å².